The Labute approximate surface area is 178 Å². The number of hydrogen-bond acceptors (Lipinski definition) is 7. The highest BCUT2D eigenvalue weighted by Gasteiger charge is 2.48. The van der Waals surface area contributed by atoms with Crippen molar-refractivity contribution in [3.63, 3.8) is 0 Å². The lowest BCUT2D eigenvalue weighted by Crippen LogP contribution is -2.33. The van der Waals surface area contributed by atoms with E-state index in [1.807, 2.05) is 0 Å². The maximum atomic E-state index is 13.0. The highest BCUT2D eigenvalue weighted by Crippen LogP contribution is 2.45. The van der Waals surface area contributed by atoms with Crippen LogP contribution < -0.4 is 15.8 Å². The zero-order valence-corrected chi connectivity index (χ0v) is 16.4. The van der Waals surface area contributed by atoms with E-state index < -0.39 is 23.4 Å². The van der Waals surface area contributed by atoms with E-state index in [0.717, 1.165) is 12.1 Å². The van der Waals surface area contributed by atoms with Crippen molar-refractivity contribution in [2.24, 2.45) is 0 Å². The predicted octanol–water partition coefficient (Wildman–Crippen LogP) is 2.93. The van der Waals surface area contributed by atoms with Crippen LogP contribution in [0.1, 0.15) is 18.1 Å². The number of aromatic nitrogens is 5. The number of halogens is 3. The first kappa shape index (κ1) is 19.7. The van der Waals surface area contributed by atoms with Gasteiger partial charge in [0.1, 0.15) is 28.5 Å². The highest BCUT2D eigenvalue weighted by atomic mass is 19.4. The van der Waals surface area contributed by atoms with Crippen molar-refractivity contribution in [1.29, 1.82) is 0 Å². The van der Waals surface area contributed by atoms with Gasteiger partial charge in [0, 0.05) is 18.6 Å². The van der Waals surface area contributed by atoms with E-state index in [0.29, 0.717) is 11.3 Å². The van der Waals surface area contributed by atoms with Crippen molar-refractivity contribution in [3.05, 3.63) is 60.2 Å². The first-order valence-corrected chi connectivity index (χ1v) is 9.30. The van der Waals surface area contributed by atoms with Crippen LogP contribution in [0.25, 0.3) is 17.2 Å². The summed E-state index contributed by atoms with van der Waals surface area (Å²) in [4.78, 5) is 30.1. The third-order valence-corrected chi connectivity index (χ3v) is 5.28. The SMILES string of the molecule is CC1(c2cccc(OC(F)(F)F)c2)C(=O)Nc2nc(-c3cn4ccnc4cn3)nc(N)c21. The van der Waals surface area contributed by atoms with Gasteiger partial charge in [0.15, 0.2) is 11.5 Å². The topological polar surface area (TPSA) is 120 Å². The summed E-state index contributed by atoms with van der Waals surface area (Å²) in [5.74, 6) is -0.620. The van der Waals surface area contributed by atoms with Crippen LogP contribution in [0.3, 0.4) is 0 Å². The molecule has 0 bridgehead atoms. The molecule has 4 aromatic rings. The van der Waals surface area contributed by atoms with Crippen LogP contribution in [-0.4, -0.2) is 36.6 Å². The molecule has 0 fully saturated rings. The number of carbonyl (C=O) groups is 1. The maximum Gasteiger partial charge on any atom is 0.573 e. The second-order valence-electron chi connectivity index (χ2n) is 7.28. The van der Waals surface area contributed by atoms with Crippen molar-refractivity contribution in [2.75, 3.05) is 11.1 Å². The normalized spacial score (nSPS) is 17.9. The number of alkyl halides is 3. The number of amides is 1. The van der Waals surface area contributed by atoms with Gasteiger partial charge in [-0.05, 0) is 24.6 Å². The number of carbonyl (C=O) groups excluding carboxylic acids is 1. The number of rotatable bonds is 3. The number of nitrogens with one attached hydrogen (secondary N) is 1. The molecule has 5 rings (SSSR count). The Bertz CT molecular complexity index is 1390. The predicted molar refractivity (Wildman–Crippen MR) is 107 cm³/mol. The molecule has 1 aliphatic heterocycles. The molecule has 0 spiro atoms. The van der Waals surface area contributed by atoms with Crippen LogP contribution >= 0.6 is 0 Å². The average Bonchev–Trinajstić information content (AvgIpc) is 3.29. The summed E-state index contributed by atoms with van der Waals surface area (Å²) >= 11 is 0. The van der Waals surface area contributed by atoms with Crippen LogP contribution in [0.2, 0.25) is 0 Å². The Morgan fingerprint density at radius 2 is 2.03 bits per heavy atom. The molecule has 0 radical (unpaired) electrons. The molecule has 3 N–H and O–H groups in total. The summed E-state index contributed by atoms with van der Waals surface area (Å²) in [6.07, 6.45) is 1.68. The van der Waals surface area contributed by atoms with Gasteiger partial charge in [-0.3, -0.25) is 4.79 Å². The van der Waals surface area contributed by atoms with Crippen molar-refractivity contribution in [3.8, 4) is 17.3 Å². The Morgan fingerprint density at radius 3 is 2.81 bits per heavy atom. The number of anilines is 2. The van der Waals surface area contributed by atoms with Gasteiger partial charge in [-0.25, -0.2) is 19.9 Å². The lowest BCUT2D eigenvalue weighted by molar-refractivity contribution is -0.274. The van der Waals surface area contributed by atoms with E-state index in [-0.39, 0.29) is 28.6 Å². The first-order valence-electron chi connectivity index (χ1n) is 9.30. The van der Waals surface area contributed by atoms with Crippen molar-refractivity contribution >= 4 is 23.2 Å². The molecule has 0 saturated carbocycles. The third kappa shape index (κ3) is 3.07. The molecule has 0 aliphatic carbocycles. The number of imidazole rings is 1. The zero-order valence-electron chi connectivity index (χ0n) is 16.4. The van der Waals surface area contributed by atoms with Gasteiger partial charge >= 0.3 is 6.36 Å². The lowest BCUT2D eigenvalue weighted by atomic mass is 9.77. The summed E-state index contributed by atoms with van der Waals surface area (Å²) in [6.45, 7) is 1.54. The number of hydrogen-bond donors (Lipinski definition) is 2. The van der Waals surface area contributed by atoms with Crippen molar-refractivity contribution in [2.45, 2.75) is 18.7 Å². The second-order valence-corrected chi connectivity index (χ2v) is 7.28. The van der Waals surface area contributed by atoms with Gasteiger partial charge in [0.2, 0.25) is 5.91 Å². The summed E-state index contributed by atoms with van der Waals surface area (Å²) in [5.41, 5.74) is 6.33. The number of ether oxygens (including phenoxy) is 1. The molecule has 1 aromatic carbocycles. The fraction of sp³-hybridized carbons (Fsp3) is 0.150. The molecular weight excluding hydrogens is 427 g/mol. The largest absolute Gasteiger partial charge is 0.573 e. The second kappa shape index (κ2) is 6.64. The van der Waals surface area contributed by atoms with Gasteiger partial charge in [0.25, 0.3) is 0 Å². The minimum absolute atomic E-state index is 0.000482. The molecule has 162 valence electrons. The average molecular weight is 441 g/mol. The van der Waals surface area contributed by atoms with Crippen LogP contribution in [0.4, 0.5) is 24.8 Å². The summed E-state index contributed by atoms with van der Waals surface area (Å²) in [7, 11) is 0. The highest BCUT2D eigenvalue weighted by molar-refractivity contribution is 6.09. The van der Waals surface area contributed by atoms with E-state index in [1.165, 1.54) is 25.3 Å². The molecule has 0 saturated heterocycles. The number of nitrogens with two attached hydrogens (primary N) is 1. The molecule has 1 aliphatic rings. The van der Waals surface area contributed by atoms with Gasteiger partial charge in [-0.15, -0.1) is 13.2 Å². The van der Waals surface area contributed by atoms with Gasteiger partial charge in [-0.2, -0.15) is 0 Å². The molecule has 1 atom stereocenters. The Hall–Kier alpha value is -4.22. The van der Waals surface area contributed by atoms with E-state index in [1.54, 1.807) is 23.0 Å². The molecule has 4 heterocycles. The number of nitrogen functional groups attached to an aromatic ring is 1. The number of fused-ring (bicyclic) bond motifs is 2. The minimum atomic E-state index is -4.87. The zero-order chi connectivity index (χ0) is 22.7. The number of benzene rings is 1. The maximum absolute atomic E-state index is 13.0. The van der Waals surface area contributed by atoms with Gasteiger partial charge in [0.05, 0.1) is 11.8 Å². The molecule has 12 heteroatoms. The minimum Gasteiger partial charge on any atom is -0.406 e. The van der Waals surface area contributed by atoms with E-state index in [4.69, 9.17) is 5.73 Å². The summed E-state index contributed by atoms with van der Waals surface area (Å²) in [6, 6.07) is 5.17. The fourth-order valence-electron chi connectivity index (χ4n) is 3.74. The van der Waals surface area contributed by atoms with Crippen molar-refractivity contribution < 1.29 is 22.7 Å². The van der Waals surface area contributed by atoms with E-state index in [9.17, 15) is 18.0 Å². The Kier molecular flexibility index (Phi) is 4.09. The smallest absolute Gasteiger partial charge is 0.406 e. The van der Waals surface area contributed by atoms with Crippen LogP contribution in [0.5, 0.6) is 5.75 Å². The molecule has 9 nitrogen and oxygen atoms in total. The summed E-state index contributed by atoms with van der Waals surface area (Å²) in [5, 5.41) is 2.66. The van der Waals surface area contributed by atoms with Crippen LogP contribution in [0, 0.1) is 0 Å². The van der Waals surface area contributed by atoms with E-state index in [2.05, 4.69) is 30.0 Å². The Balaban J connectivity index is 1.60. The van der Waals surface area contributed by atoms with Gasteiger partial charge in [-0.1, -0.05) is 12.1 Å². The molecule has 1 amide bonds. The molecule has 32 heavy (non-hydrogen) atoms. The standard InChI is InChI=1S/C20H14F3N7O2/c1-19(10-3-2-4-11(7-10)32-20(21,22)23)14-15(24)27-16(28-17(14)29-18(19)31)12-9-30-6-5-25-13(30)8-26-12/h2-9H,1H3,(H3,24,27,28,29,31). The number of nitrogens with zero attached hydrogens (tertiary/aromatic N) is 5. The van der Waals surface area contributed by atoms with Gasteiger partial charge < -0.3 is 20.2 Å². The monoisotopic (exact) mass is 441 g/mol. The molecular formula is C20H14F3N7O2. The molecule has 3 aromatic heterocycles. The van der Waals surface area contributed by atoms with Crippen LogP contribution in [0.15, 0.2) is 49.1 Å². The molecule has 1 unspecified atom stereocenters. The van der Waals surface area contributed by atoms with Crippen molar-refractivity contribution in [1.82, 2.24) is 24.3 Å². The lowest BCUT2D eigenvalue weighted by Gasteiger charge is -2.24. The fourth-order valence-corrected chi connectivity index (χ4v) is 3.74. The first-order chi connectivity index (χ1) is 15.1. The Morgan fingerprint density at radius 1 is 1.22 bits per heavy atom. The third-order valence-electron chi connectivity index (χ3n) is 5.28. The van der Waals surface area contributed by atoms with E-state index >= 15 is 0 Å². The summed E-state index contributed by atoms with van der Waals surface area (Å²) < 4.78 is 43.7. The van der Waals surface area contributed by atoms with Crippen LogP contribution in [-0.2, 0) is 10.2 Å². The quantitative estimate of drug-likeness (QED) is 0.502.